The Balaban J connectivity index is 0.000000174. The molecule has 0 saturated carbocycles. The smallest absolute Gasteiger partial charge is 0.226 e. The number of ether oxygens (including phenoxy) is 10. The monoisotopic (exact) mass is 1890 g/mol. The van der Waals surface area contributed by atoms with Crippen molar-refractivity contribution in [2.24, 2.45) is 29.6 Å². The molecular weight excluding hydrogens is 1760 g/mol. The number of Topliss-reactive ketones (excluding diaryl/α,β-unsaturated/α-hetero) is 2. The topological polar surface area (TPSA) is 246 Å². The number of carbonyl (C=O) groups excluding carboxylic acids is 4. The summed E-state index contributed by atoms with van der Waals surface area (Å²) in [6.45, 7) is 11.8. The van der Waals surface area contributed by atoms with E-state index in [1.807, 2.05) is 96.8 Å². The summed E-state index contributed by atoms with van der Waals surface area (Å²) in [6, 6.07) is 59.4. The van der Waals surface area contributed by atoms with E-state index in [4.69, 9.17) is 47.4 Å². The number of halogens is 5. The van der Waals surface area contributed by atoms with Gasteiger partial charge in [0.15, 0.2) is 69.1 Å². The molecule has 5 heterocycles. The molecule has 137 heavy (non-hydrogen) atoms. The third-order valence-electron chi connectivity index (χ3n) is 26.1. The molecule has 5 aliphatic heterocycles. The van der Waals surface area contributed by atoms with Gasteiger partial charge in [0.2, 0.25) is 11.8 Å². The molecule has 0 radical (unpaired) electrons. The summed E-state index contributed by atoms with van der Waals surface area (Å²) >= 11 is 0. The van der Waals surface area contributed by atoms with E-state index in [9.17, 15) is 56.4 Å². The van der Waals surface area contributed by atoms with Gasteiger partial charge in [0.25, 0.3) is 0 Å². The van der Waals surface area contributed by atoms with Crippen LogP contribution in [0, 0.1) is 58.7 Å². The molecule has 5 aliphatic rings. The van der Waals surface area contributed by atoms with Crippen LogP contribution in [-0.4, -0.2) is 208 Å². The van der Waals surface area contributed by atoms with Crippen LogP contribution in [0.3, 0.4) is 0 Å². The summed E-state index contributed by atoms with van der Waals surface area (Å²) in [7, 11) is 15.7. The molecular formula is C110H134F5N5O17. The minimum Gasteiger partial charge on any atom is -0.493 e. The fourth-order valence-corrected chi connectivity index (χ4v) is 18.1. The highest BCUT2D eigenvalue weighted by Crippen LogP contribution is 2.45. The number of aryl methyl sites for hydroxylation is 1. The molecule has 0 aromatic heterocycles. The third-order valence-corrected chi connectivity index (χ3v) is 26.1. The third kappa shape index (κ3) is 30.9. The lowest BCUT2D eigenvalue weighted by Gasteiger charge is -2.35. The number of piperidine rings is 5. The first-order valence-corrected chi connectivity index (χ1v) is 47.0. The van der Waals surface area contributed by atoms with Gasteiger partial charge >= 0.3 is 0 Å². The second-order valence-corrected chi connectivity index (χ2v) is 34.5. The molecule has 0 bridgehead atoms. The highest BCUT2D eigenvalue weighted by atomic mass is 19.1. The number of nitrogens with zero attached hydrogens (tertiary/aromatic N) is 4. The van der Waals surface area contributed by atoms with Crippen molar-refractivity contribution in [2.75, 3.05) is 150 Å². The van der Waals surface area contributed by atoms with Gasteiger partial charge in [-0.05, 0) is 271 Å². The molecule has 4 N–H and O–H groups in total. The Morgan fingerprint density at radius 3 is 0.869 bits per heavy atom. The molecule has 10 aromatic rings. The van der Waals surface area contributed by atoms with Crippen molar-refractivity contribution in [3.63, 3.8) is 0 Å². The average molecular weight is 1890 g/mol. The van der Waals surface area contributed by atoms with E-state index in [2.05, 4.69) is 15.1 Å². The lowest BCUT2D eigenvalue weighted by Crippen LogP contribution is -2.41. The van der Waals surface area contributed by atoms with Crippen LogP contribution in [0.2, 0.25) is 0 Å². The minimum atomic E-state index is -0.681. The number of nitrogens with one attached hydrogen (secondary N) is 1. The fourth-order valence-electron chi connectivity index (χ4n) is 18.1. The molecule has 2 amide bonds. The van der Waals surface area contributed by atoms with Crippen molar-refractivity contribution >= 4 is 23.4 Å². The summed E-state index contributed by atoms with van der Waals surface area (Å²) < 4.78 is 118. The molecule has 0 spiro atoms. The van der Waals surface area contributed by atoms with Gasteiger partial charge in [-0.2, -0.15) is 0 Å². The molecule has 15 rings (SSSR count). The highest BCUT2D eigenvalue weighted by Gasteiger charge is 2.36. The number of methoxy groups -OCH3 is 10. The molecule has 1 unspecified atom stereocenters. The normalized spacial score (nSPS) is 15.7. The quantitative estimate of drug-likeness (QED) is 0.0233. The summed E-state index contributed by atoms with van der Waals surface area (Å²) in [5.74, 6) is 5.15. The number of aliphatic hydroxyl groups excluding tert-OH is 3. The van der Waals surface area contributed by atoms with Gasteiger partial charge in [0, 0.05) is 67.8 Å². The van der Waals surface area contributed by atoms with Crippen molar-refractivity contribution in [2.45, 2.75) is 122 Å². The standard InChI is InChI=1S/C22H26FNO4.C22H24FNO4.C22H28FNO3.C22H26FNO3.C14H21NO3.C8H9F/c2*1-27-19-5-3-4-18(22(19)28-2)21(26)16-10-12-24(13-11-16)20(25)14-15-6-8-17(23)9-7-15;2*1-26-20-5-3-4-19(22(20)27-2)21(25)17-11-14-24(15-12-17)13-10-16-6-8-18(23)9-7-16;1-17-12-5-3-4-11(14(12)18-2)13(16)10-6-8-15-9-7-10;1-2-7-3-5-8(9)6-4-7/h3-9,16,21,26H,10-14H2,1-2H3;3-9,16H,10-14H2,1-2H3;3-9,17,21,25H,10-15H2,1-2H3;3-9,17H,10-15H2,1-2H3;3-5,10,13,15-16H,6-9H2,1-2H3;3-6H,2H2,1H3/t;;21-;;13-;/m..1.1./s1. The summed E-state index contributed by atoms with van der Waals surface area (Å²) in [4.78, 5) is 59.3. The number of hydrogen-bond donors (Lipinski definition) is 4. The number of aliphatic hydroxyl groups is 3. The predicted molar refractivity (Wildman–Crippen MR) is 520 cm³/mol. The molecule has 10 aromatic carbocycles. The maximum atomic E-state index is 13.0. The number of ketones is 2. The van der Waals surface area contributed by atoms with Crippen molar-refractivity contribution in [1.29, 1.82) is 0 Å². The number of rotatable bonds is 31. The van der Waals surface area contributed by atoms with Gasteiger partial charge in [-0.1, -0.05) is 116 Å². The number of para-hydroxylation sites is 5. The number of likely N-dealkylation sites (tertiary alicyclic amines) is 4. The molecule has 0 aliphatic carbocycles. The highest BCUT2D eigenvalue weighted by molar-refractivity contribution is 6.02. The largest absolute Gasteiger partial charge is 0.493 e. The van der Waals surface area contributed by atoms with Gasteiger partial charge in [0.1, 0.15) is 29.1 Å². The lowest BCUT2D eigenvalue weighted by atomic mass is 9.86. The molecule has 3 atom stereocenters. The van der Waals surface area contributed by atoms with Crippen molar-refractivity contribution < 1.29 is 104 Å². The van der Waals surface area contributed by atoms with Crippen LogP contribution in [0.4, 0.5) is 22.0 Å². The first-order chi connectivity index (χ1) is 66.4. The van der Waals surface area contributed by atoms with Gasteiger partial charge in [0.05, 0.1) is 113 Å². The molecule has 22 nitrogen and oxygen atoms in total. The SMILES string of the molecule is CCc1ccc(F)cc1.COc1cccc(C(=O)C2CCN(C(=O)Cc3ccc(F)cc3)CC2)c1OC.COc1cccc(C(=O)C2CCN(CCc3ccc(F)cc3)CC2)c1OC.COc1cccc(C(O)C2CCN(C(=O)Cc3ccc(F)cc3)CC2)c1OC.COc1cccc([C@H](O)C2CCN(CCc3ccc(F)cc3)CC2)c1OC.COc1cccc([C@H](O)C2CCNCC2)c1OC. The van der Waals surface area contributed by atoms with Crippen LogP contribution < -0.4 is 52.7 Å². The predicted octanol–water partition coefficient (Wildman–Crippen LogP) is 18.8. The van der Waals surface area contributed by atoms with Crippen molar-refractivity contribution in [3.8, 4) is 57.5 Å². The van der Waals surface area contributed by atoms with E-state index in [0.717, 1.165) is 144 Å². The lowest BCUT2D eigenvalue weighted by molar-refractivity contribution is -0.133. The molecule has 27 heteroatoms. The zero-order valence-corrected chi connectivity index (χ0v) is 80.7. The Morgan fingerprint density at radius 1 is 0.314 bits per heavy atom. The number of benzene rings is 10. The van der Waals surface area contributed by atoms with Gasteiger partial charge in [-0.15, -0.1) is 0 Å². The Kier molecular flexibility index (Phi) is 43.2. The van der Waals surface area contributed by atoms with E-state index in [1.165, 1.54) is 80.4 Å². The average Bonchev–Trinajstić information content (AvgIpc) is 0.817. The van der Waals surface area contributed by atoms with E-state index >= 15 is 0 Å². The summed E-state index contributed by atoms with van der Waals surface area (Å²) in [6.07, 6.45) is 9.69. The first-order valence-electron chi connectivity index (χ1n) is 47.0. The second kappa shape index (κ2) is 55.3. The zero-order valence-electron chi connectivity index (χ0n) is 80.7. The van der Waals surface area contributed by atoms with Crippen molar-refractivity contribution in [3.05, 3.63) is 297 Å². The van der Waals surface area contributed by atoms with Crippen molar-refractivity contribution in [1.82, 2.24) is 24.9 Å². The Bertz CT molecular complexity index is 5360. The number of hydrogen-bond acceptors (Lipinski definition) is 20. The van der Waals surface area contributed by atoms with E-state index < -0.39 is 18.3 Å². The Labute approximate surface area is 803 Å². The molecule has 736 valence electrons. The Hall–Kier alpha value is -12.1. The fraction of sp³-hybridized carbons (Fsp3) is 0.418. The van der Waals surface area contributed by atoms with Crippen LogP contribution in [0.25, 0.3) is 0 Å². The maximum absolute atomic E-state index is 13.0. The van der Waals surface area contributed by atoms with Crippen LogP contribution in [0.1, 0.15) is 155 Å². The first kappa shape index (κ1) is 107. The van der Waals surface area contributed by atoms with Crippen LogP contribution in [-0.2, 0) is 41.7 Å². The minimum absolute atomic E-state index is 0.00327. The summed E-state index contributed by atoms with van der Waals surface area (Å²) in [5, 5.41) is 35.6. The molecule has 5 saturated heterocycles. The summed E-state index contributed by atoms with van der Waals surface area (Å²) in [5.41, 5.74) is 8.48. The zero-order chi connectivity index (χ0) is 98.3. The van der Waals surface area contributed by atoms with Gasteiger partial charge < -0.3 is 87.6 Å². The van der Waals surface area contributed by atoms with Crippen LogP contribution in [0.5, 0.6) is 57.5 Å². The number of amides is 2. The van der Waals surface area contributed by atoms with E-state index in [0.29, 0.717) is 126 Å². The Morgan fingerprint density at radius 2 is 0.569 bits per heavy atom. The maximum Gasteiger partial charge on any atom is 0.226 e. The van der Waals surface area contributed by atoms with Crippen LogP contribution >= 0.6 is 0 Å². The number of carbonyl (C=O) groups is 4. The van der Waals surface area contributed by atoms with E-state index in [-0.39, 0.29) is 94.9 Å². The second-order valence-electron chi connectivity index (χ2n) is 34.5. The van der Waals surface area contributed by atoms with E-state index in [1.54, 1.807) is 129 Å². The molecule has 5 fully saturated rings. The van der Waals surface area contributed by atoms with Gasteiger partial charge in [-0.25, -0.2) is 22.0 Å². The van der Waals surface area contributed by atoms with Crippen LogP contribution in [0.15, 0.2) is 212 Å². The van der Waals surface area contributed by atoms with Gasteiger partial charge in [-0.3, -0.25) is 19.2 Å².